The number of aromatic carboxylic acids is 1. The number of carbonyl (C=O) groups is 2. The number of carbonyl (C=O) groups excluding carboxylic acids is 1. The smallest absolute Gasteiger partial charge is 0.356 e. The van der Waals surface area contributed by atoms with E-state index in [1.54, 1.807) is 17.0 Å². The second-order valence-electron chi connectivity index (χ2n) is 6.12. The Balaban J connectivity index is 1.57. The molecule has 0 radical (unpaired) electrons. The lowest BCUT2D eigenvalue weighted by molar-refractivity contribution is 0.0669. The minimum absolute atomic E-state index is 0.137. The molecule has 0 bridgehead atoms. The van der Waals surface area contributed by atoms with Crippen molar-refractivity contribution in [2.75, 3.05) is 13.1 Å². The highest BCUT2D eigenvalue weighted by atomic mass is 19.1. The second-order valence-corrected chi connectivity index (χ2v) is 6.12. The largest absolute Gasteiger partial charge is 0.476 e. The third-order valence-corrected chi connectivity index (χ3v) is 4.46. The number of carboxylic acids is 1. The number of piperidine rings is 1. The average Bonchev–Trinajstić information content (AvgIpc) is 2.64. The van der Waals surface area contributed by atoms with Crippen molar-refractivity contribution in [3.8, 4) is 0 Å². The monoisotopic (exact) mass is 343 g/mol. The van der Waals surface area contributed by atoms with Crippen LogP contribution in [0, 0.1) is 11.7 Å². The molecule has 1 aliphatic heterocycles. The number of nitrogens with zero attached hydrogens (tertiary/aromatic N) is 3. The zero-order valence-electron chi connectivity index (χ0n) is 13.6. The molecule has 3 rings (SSSR count). The van der Waals surface area contributed by atoms with E-state index in [1.165, 1.54) is 12.3 Å². The van der Waals surface area contributed by atoms with Crippen molar-refractivity contribution < 1.29 is 19.1 Å². The van der Waals surface area contributed by atoms with Gasteiger partial charge in [0.2, 0.25) is 0 Å². The minimum Gasteiger partial charge on any atom is -0.476 e. The topological polar surface area (TPSA) is 83.4 Å². The van der Waals surface area contributed by atoms with Crippen LogP contribution in [-0.4, -0.2) is 44.9 Å². The molecule has 1 amide bonds. The van der Waals surface area contributed by atoms with Gasteiger partial charge in [0, 0.05) is 13.1 Å². The van der Waals surface area contributed by atoms with Crippen LogP contribution in [0.15, 0.2) is 36.7 Å². The van der Waals surface area contributed by atoms with Crippen molar-refractivity contribution in [3.63, 3.8) is 0 Å². The Morgan fingerprint density at radius 3 is 2.36 bits per heavy atom. The van der Waals surface area contributed by atoms with E-state index in [4.69, 9.17) is 5.11 Å². The summed E-state index contributed by atoms with van der Waals surface area (Å²) >= 11 is 0. The molecule has 1 aromatic carbocycles. The highest BCUT2D eigenvalue weighted by Crippen LogP contribution is 2.23. The van der Waals surface area contributed by atoms with Crippen LogP contribution < -0.4 is 0 Å². The van der Waals surface area contributed by atoms with Crippen molar-refractivity contribution >= 4 is 11.9 Å². The summed E-state index contributed by atoms with van der Waals surface area (Å²) in [4.78, 5) is 32.5. The van der Waals surface area contributed by atoms with Crippen molar-refractivity contribution in [1.29, 1.82) is 0 Å². The molecule has 6 nitrogen and oxygen atoms in total. The molecule has 0 spiro atoms. The third-order valence-electron chi connectivity index (χ3n) is 4.46. The summed E-state index contributed by atoms with van der Waals surface area (Å²) in [6.07, 6.45) is 4.53. The van der Waals surface area contributed by atoms with Crippen molar-refractivity contribution in [2.24, 2.45) is 5.92 Å². The molecule has 130 valence electrons. The lowest BCUT2D eigenvalue weighted by Gasteiger charge is -2.31. The summed E-state index contributed by atoms with van der Waals surface area (Å²) in [6.45, 7) is 1.14. The fourth-order valence-corrected chi connectivity index (χ4v) is 3.03. The normalized spacial score (nSPS) is 15.2. The van der Waals surface area contributed by atoms with E-state index in [0.717, 1.165) is 19.0 Å². The first-order chi connectivity index (χ1) is 12.0. The van der Waals surface area contributed by atoms with Crippen LogP contribution in [-0.2, 0) is 6.42 Å². The molecular weight excluding hydrogens is 325 g/mol. The molecule has 1 N–H and O–H groups in total. The first-order valence-electron chi connectivity index (χ1n) is 8.12. The average molecular weight is 343 g/mol. The summed E-state index contributed by atoms with van der Waals surface area (Å²) in [7, 11) is 0. The first kappa shape index (κ1) is 17.0. The van der Waals surface area contributed by atoms with E-state index in [1.807, 2.05) is 6.07 Å². The molecule has 1 fully saturated rings. The molecule has 1 aliphatic rings. The number of amides is 1. The Labute approximate surface area is 144 Å². The zero-order chi connectivity index (χ0) is 17.8. The molecule has 0 unspecified atom stereocenters. The maximum atomic E-state index is 13.7. The highest BCUT2D eigenvalue weighted by molar-refractivity contribution is 5.92. The van der Waals surface area contributed by atoms with Crippen LogP contribution in [0.4, 0.5) is 4.39 Å². The van der Waals surface area contributed by atoms with E-state index in [9.17, 15) is 14.0 Å². The van der Waals surface area contributed by atoms with Gasteiger partial charge in [-0.25, -0.2) is 19.2 Å². The summed E-state index contributed by atoms with van der Waals surface area (Å²) in [5.74, 6) is -1.29. The number of likely N-dealkylation sites (tertiary alicyclic amines) is 1. The van der Waals surface area contributed by atoms with Gasteiger partial charge < -0.3 is 10.0 Å². The van der Waals surface area contributed by atoms with Crippen LogP contribution in [0.2, 0.25) is 0 Å². The number of carboxylic acid groups (broad SMARTS) is 1. The Kier molecular flexibility index (Phi) is 5.02. The lowest BCUT2D eigenvalue weighted by atomic mass is 9.90. The number of benzene rings is 1. The zero-order valence-corrected chi connectivity index (χ0v) is 13.6. The van der Waals surface area contributed by atoms with Gasteiger partial charge in [-0.1, -0.05) is 18.2 Å². The Morgan fingerprint density at radius 2 is 1.76 bits per heavy atom. The maximum absolute atomic E-state index is 13.7. The molecule has 2 heterocycles. The van der Waals surface area contributed by atoms with Crippen molar-refractivity contribution in [2.45, 2.75) is 19.3 Å². The summed E-state index contributed by atoms with van der Waals surface area (Å²) in [5.41, 5.74) is 0.653. The Morgan fingerprint density at radius 1 is 1.12 bits per heavy atom. The van der Waals surface area contributed by atoms with E-state index in [2.05, 4.69) is 9.97 Å². The molecule has 2 aromatic rings. The van der Waals surface area contributed by atoms with Gasteiger partial charge in [0.15, 0.2) is 5.69 Å². The lowest BCUT2D eigenvalue weighted by Crippen LogP contribution is -2.39. The van der Waals surface area contributed by atoms with Gasteiger partial charge in [-0.05, 0) is 36.8 Å². The van der Waals surface area contributed by atoms with Gasteiger partial charge in [-0.3, -0.25) is 4.79 Å². The van der Waals surface area contributed by atoms with Crippen molar-refractivity contribution in [3.05, 3.63) is 59.4 Å². The van der Waals surface area contributed by atoms with Gasteiger partial charge in [0.25, 0.3) is 5.91 Å². The van der Waals surface area contributed by atoms with Gasteiger partial charge in [0.1, 0.15) is 11.5 Å². The molecule has 1 saturated heterocycles. The van der Waals surface area contributed by atoms with Gasteiger partial charge >= 0.3 is 5.97 Å². The molecule has 7 heteroatoms. The minimum atomic E-state index is -1.18. The summed E-state index contributed by atoms with van der Waals surface area (Å²) < 4.78 is 13.7. The van der Waals surface area contributed by atoms with Crippen LogP contribution >= 0.6 is 0 Å². The first-order valence-corrected chi connectivity index (χ1v) is 8.12. The van der Waals surface area contributed by atoms with Crippen LogP contribution in [0.3, 0.4) is 0 Å². The quantitative estimate of drug-likeness (QED) is 0.922. The third kappa shape index (κ3) is 3.99. The van der Waals surface area contributed by atoms with E-state index in [-0.39, 0.29) is 23.1 Å². The maximum Gasteiger partial charge on any atom is 0.356 e. The van der Waals surface area contributed by atoms with Crippen LogP contribution in [0.25, 0.3) is 0 Å². The number of halogens is 1. The molecule has 25 heavy (non-hydrogen) atoms. The number of aromatic nitrogens is 2. The van der Waals surface area contributed by atoms with Gasteiger partial charge in [0.05, 0.1) is 12.4 Å². The number of rotatable bonds is 4. The second kappa shape index (κ2) is 7.38. The van der Waals surface area contributed by atoms with Gasteiger partial charge in [-0.15, -0.1) is 0 Å². The van der Waals surface area contributed by atoms with Gasteiger partial charge in [-0.2, -0.15) is 0 Å². The molecular formula is C18H18FN3O3. The Bertz CT molecular complexity index is 771. The highest BCUT2D eigenvalue weighted by Gasteiger charge is 2.25. The fourth-order valence-electron chi connectivity index (χ4n) is 3.03. The molecule has 1 aromatic heterocycles. The van der Waals surface area contributed by atoms with E-state index >= 15 is 0 Å². The Hall–Kier alpha value is -2.83. The van der Waals surface area contributed by atoms with Crippen LogP contribution in [0.1, 0.15) is 39.4 Å². The summed E-state index contributed by atoms with van der Waals surface area (Å²) in [6, 6.07) is 6.77. The van der Waals surface area contributed by atoms with E-state index in [0.29, 0.717) is 31.0 Å². The number of hydrogen-bond donors (Lipinski definition) is 1. The molecule has 0 atom stereocenters. The summed E-state index contributed by atoms with van der Waals surface area (Å²) in [5, 5.41) is 8.81. The predicted molar refractivity (Wildman–Crippen MR) is 87.7 cm³/mol. The molecule has 0 aliphatic carbocycles. The molecule has 0 saturated carbocycles. The fraction of sp³-hybridized carbons (Fsp3) is 0.333. The number of hydrogen-bond acceptors (Lipinski definition) is 4. The van der Waals surface area contributed by atoms with E-state index < -0.39 is 5.97 Å². The van der Waals surface area contributed by atoms with Crippen LogP contribution in [0.5, 0.6) is 0 Å². The SMILES string of the molecule is O=C(O)c1cnc(C(=O)N2CCC(Cc3ccccc3F)CC2)cn1. The van der Waals surface area contributed by atoms with Crippen molar-refractivity contribution in [1.82, 2.24) is 14.9 Å². The standard InChI is InChI=1S/C18H18FN3O3/c19-14-4-2-1-3-13(14)9-12-5-7-22(8-6-12)17(23)15-10-21-16(11-20-15)18(24)25/h1-4,10-12H,5-9H2,(H,24,25). The predicted octanol–water partition coefficient (Wildman–Crippen LogP) is 2.41.